The lowest BCUT2D eigenvalue weighted by molar-refractivity contribution is -0.137. The monoisotopic (exact) mass is 334 g/mol. The maximum absolute atomic E-state index is 12.8. The van der Waals surface area contributed by atoms with Gasteiger partial charge in [0.15, 0.2) is 0 Å². The van der Waals surface area contributed by atoms with Gasteiger partial charge >= 0.3 is 6.18 Å². The van der Waals surface area contributed by atoms with Gasteiger partial charge in [-0.1, -0.05) is 12.1 Å². The zero-order chi connectivity index (χ0) is 17.5. The Balaban J connectivity index is 2.14. The first-order chi connectivity index (χ1) is 11.3. The van der Waals surface area contributed by atoms with Crippen molar-refractivity contribution in [2.24, 2.45) is 0 Å². The molecule has 1 atom stereocenters. The van der Waals surface area contributed by atoms with Crippen LogP contribution in [0.15, 0.2) is 42.7 Å². The van der Waals surface area contributed by atoms with Crippen LogP contribution < -0.4 is 0 Å². The summed E-state index contributed by atoms with van der Waals surface area (Å²) in [4.78, 5) is 6.13. The zero-order valence-corrected chi connectivity index (χ0v) is 13.3. The third kappa shape index (κ3) is 2.89. The second-order valence-corrected chi connectivity index (χ2v) is 5.96. The van der Waals surface area contributed by atoms with Crippen molar-refractivity contribution in [2.75, 3.05) is 13.6 Å². The molecule has 1 aromatic heterocycles. The number of halogens is 3. The SMILES string of the molecule is CC1=CCN(C)C(c2ccc(C(F)(F)F)cc2O)c2cnccc21. The maximum Gasteiger partial charge on any atom is 0.416 e. The molecule has 2 aromatic rings. The second-order valence-electron chi connectivity index (χ2n) is 5.96. The number of hydrogen-bond acceptors (Lipinski definition) is 3. The third-order valence-corrected chi connectivity index (χ3v) is 4.35. The van der Waals surface area contributed by atoms with Crippen molar-refractivity contribution in [3.05, 3.63) is 65.0 Å². The summed E-state index contributed by atoms with van der Waals surface area (Å²) in [5, 5.41) is 10.2. The molecule has 0 bridgehead atoms. The van der Waals surface area contributed by atoms with Gasteiger partial charge in [0.25, 0.3) is 0 Å². The predicted octanol–water partition coefficient (Wildman–Crippen LogP) is 4.24. The number of allylic oxidation sites excluding steroid dienone is 1. The Bertz CT molecular complexity index is 799. The molecule has 1 aliphatic heterocycles. The molecule has 0 radical (unpaired) electrons. The third-order valence-electron chi connectivity index (χ3n) is 4.35. The molecule has 1 N–H and O–H groups in total. The average molecular weight is 334 g/mol. The number of benzene rings is 1. The zero-order valence-electron chi connectivity index (χ0n) is 13.3. The van der Waals surface area contributed by atoms with Crippen molar-refractivity contribution >= 4 is 5.57 Å². The lowest BCUT2D eigenvalue weighted by Gasteiger charge is -2.28. The van der Waals surface area contributed by atoms with E-state index in [1.807, 2.05) is 24.9 Å². The number of nitrogens with zero attached hydrogens (tertiary/aromatic N) is 2. The lowest BCUT2D eigenvalue weighted by Crippen LogP contribution is -2.25. The standard InChI is InChI=1S/C18H17F3N2O/c1-11-6-8-23(2)17(15-10-22-7-5-13(11)15)14-4-3-12(9-16(14)24)18(19,20)21/h3-7,9-10,17,24H,8H2,1-2H3. The predicted molar refractivity (Wildman–Crippen MR) is 85.5 cm³/mol. The second kappa shape index (κ2) is 5.94. The Morgan fingerprint density at radius 1 is 1.21 bits per heavy atom. The number of phenols is 1. The molecule has 3 rings (SSSR count). The van der Waals surface area contributed by atoms with Gasteiger partial charge in [0.1, 0.15) is 5.75 Å². The van der Waals surface area contributed by atoms with Crippen LogP contribution in [0.4, 0.5) is 13.2 Å². The minimum Gasteiger partial charge on any atom is -0.508 e. The first kappa shape index (κ1) is 16.5. The van der Waals surface area contributed by atoms with Crippen molar-refractivity contribution in [3.8, 4) is 5.75 Å². The van der Waals surface area contributed by atoms with Crippen LogP contribution in [-0.2, 0) is 6.18 Å². The van der Waals surface area contributed by atoms with Crippen LogP contribution in [0.25, 0.3) is 5.57 Å². The summed E-state index contributed by atoms with van der Waals surface area (Å²) in [7, 11) is 1.87. The highest BCUT2D eigenvalue weighted by atomic mass is 19.4. The molecular weight excluding hydrogens is 317 g/mol. The smallest absolute Gasteiger partial charge is 0.416 e. The van der Waals surface area contributed by atoms with Crippen LogP contribution in [0.5, 0.6) is 5.75 Å². The maximum atomic E-state index is 12.8. The molecule has 1 unspecified atom stereocenters. The van der Waals surface area contributed by atoms with Crippen molar-refractivity contribution in [1.82, 2.24) is 9.88 Å². The molecule has 0 fully saturated rings. The molecule has 0 amide bonds. The highest BCUT2D eigenvalue weighted by molar-refractivity contribution is 5.68. The van der Waals surface area contributed by atoms with E-state index < -0.39 is 11.7 Å². The number of phenolic OH excluding ortho intramolecular Hbond substituents is 1. The van der Waals surface area contributed by atoms with Crippen molar-refractivity contribution in [1.29, 1.82) is 0 Å². The minimum atomic E-state index is -4.48. The Kier molecular flexibility index (Phi) is 4.09. The number of aromatic nitrogens is 1. The van der Waals surface area contributed by atoms with Crippen LogP contribution in [0.1, 0.15) is 35.2 Å². The van der Waals surface area contributed by atoms with Gasteiger partial charge in [-0.15, -0.1) is 0 Å². The van der Waals surface area contributed by atoms with Crippen LogP contribution in [0.2, 0.25) is 0 Å². The molecule has 3 nitrogen and oxygen atoms in total. The van der Waals surface area contributed by atoms with E-state index in [1.54, 1.807) is 12.4 Å². The quantitative estimate of drug-likeness (QED) is 0.847. The van der Waals surface area contributed by atoms with Gasteiger partial charge in [-0.2, -0.15) is 13.2 Å². The molecular formula is C18H17F3N2O. The normalized spacial score (nSPS) is 18.7. The fourth-order valence-corrected chi connectivity index (χ4v) is 3.07. The Labute approximate surface area is 138 Å². The summed E-state index contributed by atoms with van der Waals surface area (Å²) in [5.74, 6) is -0.365. The molecule has 24 heavy (non-hydrogen) atoms. The largest absolute Gasteiger partial charge is 0.508 e. The number of likely N-dealkylation sites (N-methyl/N-ethyl adjacent to an activating group) is 1. The molecule has 0 saturated carbocycles. The summed E-state index contributed by atoms with van der Waals surface area (Å²) in [6.45, 7) is 2.60. The molecule has 6 heteroatoms. The van der Waals surface area contributed by atoms with Gasteiger partial charge in [-0.3, -0.25) is 9.88 Å². The first-order valence-corrected chi connectivity index (χ1v) is 7.50. The van der Waals surface area contributed by atoms with E-state index in [2.05, 4.69) is 11.1 Å². The minimum absolute atomic E-state index is 0.365. The van der Waals surface area contributed by atoms with Crippen LogP contribution in [0.3, 0.4) is 0 Å². The highest BCUT2D eigenvalue weighted by Crippen LogP contribution is 2.40. The summed E-state index contributed by atoms with van der Waals surface area (Å²) >= 11 is 0. The molecule has 2 heterocycles. The van der Waals surface area contributed by atoms with E-state index in [4.69, 9.17) is 0 Å². The van der Waals surface area contributed by atoms with Crippen LogP contribution in [-0.4, -0.2) is 28.6 Å². The number of pyridine rings is 1. The van der Waals surface area contributed by atoms with E-state index in [9.17, 15) is 18.3 Å². The van der Waals surface area contributed by atoms with E-state index in [0.29, 0.717) is 12.1 Å². The molecule has 0 saturated heterocycles. The fourth-order valence-electron chi connectivity index (χ4n) is 3.07. The van der Waals surface area contributed by atoms with E-state index in [1.165, 1.54) is 6.07 Å². The lowest BCUT2D eigenvalue weighted by atomic mass is 9.92. The topological polar surface area (TPSA) is 36.4 Å². The Hall–Kier alpha value is -2.34. The summed E-state index contributed by atoms with van der Waals surface area (Å²) in [5.41, 5.74) is 2.50. The van der Waals surface area contributed by atoms with E-state index >= 15 is 0 Å². The average Bonchev–Trinajstić information content (AvgIpc) is 2.65. The number of hydrogen-bond donors (Lipinski definition) is 1. The van der Waals surface area contributed by atoms with Crippen molar-refractivity contribution < 1.29 is 18.3 Å². The molecule has 126 valence electrons. The first-order valence-electron chi connectivity index (χ1n) is 7.50. The number of aromatic hydroxyl groups is 1. The summed E-state index contributed by atoms with van der Waals surface area (Å²) < 4.78 is 38.5. The summed E-state index contributed by atoms with van der Waals surface area (Å²) in [6, 6.07) is 4.64. The highest BCUT2D eigenvalue weighted by Gasteiger charge is 2.33. The number of fused-ring (bicyclic) bond motifs is 1. The van der Waals surface area contributed by atoms with E-state index in [-0.39, 0.29) is 11.8 Å². The Morgan fingerprint density at radius 3 is 2.62 bits per heavy atom. The van der Waals surface area contributed by atoms with Crippen LogP contribution >= 0.6 is 0 Å². The van der Waals surface area contributed by atoms with Gasteiger partial charge in [0.2, 0.25) is 0 Å². The van der Waals surface area contributed by atoms with Gasteiger partial charge in [0.05, 0.1) is 11.6 Å². The number of alkyl halides is 3. The Morgan fingerprint density at radius 2 is 1.96 bits per heavy atom. The van der Waals surface area contributed by atoms with Gasteiger partial charge in [0, 0.05) is 24.5 Å². The molecule has 1 aromatic carbocycles. The van der Waals surface area contributed by atoms with Crippen LogP contribution in [0, 0.1) is 0 Å². The fraction of sp³-hybridized carbons (Fsp3) is 0.278. The summed E-state index contributed by atoms with van der Waals surface area (Å²) in [6.07, 6.45) is 0.963. The molecule has 0 aliphatic carbocycles. The number of rotatable bonds is 1. The van der Waals surface area contributed by atoms with Crippen molar-refractivity contribution in [2.45, 2.75) is 19.1 Å². The van der Waals surface area contributed by atoms with Crippen molar-refractivity contribution in [3.63, 3.8) is 0 Å². The molecule has 1 aliphatic rings. The van der Waals surface area contributed by atoms with Gasteiger partial charge in [-0.25, -0.2) is 0 Å². The van der Waals surface area contributed by atoms with Gasteiger partial charge < -0.3 is 5.11 Å². The van der Waals surface area contributed by atoms with Gasteiger partial charge in [-0.05, 0) is 48.9 Å². The van der Waals surface area contributed by atoms with E-state index in [0.717, 1.165) is 28.8 Å². The molecule has 0 spiro atoms.